The monoisotopic (exact) mass is 532 g/mol. The Kier molecular flexibility index (Phi) is 6.86. The van der Waals surface area contributed by atoms with Crippen molar-refractivity contribution in [2.24, 2.45) is 0 Å². The molecule has 1 N–H and O–H groups in total. The summed E-state index contributed by atoms with van der Waals surface area (Å²) in [5, 5.41) is 19.9. The van der Waals surface area contributed by atoms with Gasteiger partial charge in [-0.05, 0) is 48.7 Å². The molecule has 0 radical (unpaired) electrons. The maximum atomic E-state index is 14.0. The fourth-order valence-corrected chi connectivity index (χ4v) is 5.99. The summed E-state index contributed by atoms with van der Waals surface area (Å²) in [4.78, 5) is 32.0. The molecule has 0 bridgehead atoms. The van der Waals surface area contributed by atoms with Crippen molar-refractivity contribution >= 4 is 45.7 Å². The summed E-state index contributed by atoms with van der Waals surface area (Å²) in [6.45, 7) is 3.71. The zero-order chi connectivity index (χ0) is 26.1. The van der Waals surface area contributed by atoms with Gasteiger partial charge in [-0.25, -0.2) is 4.39 Å². The molecular formula is C27H21FN4O3S2. The highest BCUT2D eigenvalue weighted by Gasteiger charge is 2.48. The predicted octanol–water partition coefficient (Wildman–Crippen LogP) is 5.61. The van der Waals surface area contributed by atoms with Gasteiger partial charge in [0.25, 0.3) is 5.78 Å². The van der Waals surface area contributed by atoms with E-state index >= 15 is 0 Å². The van der Waals surface area contributed by atoms with E-state index in [4.69, 9.17) is 0 Å². The zero-order valence-electron chi connectivity index (χ0n) is 19.9. The number of aryl methyl sites for hydroxylation is 2. The van der Waals surface area contributed by atoms with Crippen LogP contribution in [0.1, 0.15) is 33.9 Å². The number of pyridine rings is 1. The Morgan fingerprint density at radius 3 is 2.68 bits per heavy atom. The fourth-order valence-electron chi connectivity index (χ4n) is 4.13. The number of carbonyl (C=O) groups excluding carboxylic acids is 2. The zero-order valence-corrected chi connectivity index (χ0v) is 21.5. The molecule has 1 amide bonds. The molecule has 0 spiro atoms. The van der Waals surface area contributed by atoms with Gasteiger partial charge in [0.05, 0.1) is 11.6 Å². The minimum absolute atomic E-state index is 0.0394. The summed E-state index contributed by atoms with van der Waals surface area (Å²) < 4.78 is 14.5. The van der Waals surface area contributed by atoms with Crippen molar-refractivity contribution < 1.29 is 19.1 Å². The van der Waals surface area contributed by atoms with Crippen LogP contribution in [0.25, 0.3) is 5.76 Å². The SMILES string of the molecule is Cc1ccc(C)c(/C(O)=C2\C(=O)C(=O)N(c3nnc(SCc4ccccc4F)s3)C2c2cccnc2)c1. The molecule has 4 aromatic rings. The highest BCUT2D eigenvalue weighted by atomic mass is 32.2. The summed E-state index contributed by atoms with van der Waals surface area (Å²) in [5.74, 6) is -1.87. The van der Waals surface area contributed by atoms with Crippen LogP contribution >= 0.6 is 23.1 Å². The minimum atomic E-state index is -0.939. The number of hydrogen-bond donors (Lipinski definition) is 1. The van der Waals surface area contributed by atoms with Crippen LogP contribution in [0.5, 0.6) is 0 Å². The molecule has 1 fully saturated rings. The van der Waals surface area contributed by atoms with E-state index in [2.05, 4.69) is 15.2 Å². The largest absolute Gasteiger partial charge is 0.507 e. The molecule has 186 valence electrons. The lowest BCUT2D eigenvalue weighted by atomic mass is 9.94. The lowest BCUT2D eigenvalue weighted by molar-refractivity contribution is -0.132. The van der Waals surface area contributed by atoms with Gasteiger partial charge >= 0.3 is 5.91 Å². The number of carbonyl (C=O) groups is 2. The molecule has 7 nitrogen and oxygen atoms in total. The first kappa shape index (κ1) is 24.8. The molecular weight excluding hydrogens is 511 g/mol. The Morgan fingerprint density at radius 2 is 1.92 bits per heavy atom. The second-order valence-corrected chi connectivity index (χ2v) is 10.7. The van der Waals surface area contributed by atoms with Gasteiger partial charge in [-0.1, -0.05) is 65.1 Å². The van der Waals surface area contributed by atoms with E-state index in [-0.39, 0.29) is 22.3 Å². The van der Waals surface area contributed by atoms with Crippen LogP contribution in [0.15, 0.2) is 76.9 Å². The van der Waals surface area contributed by atoms with Crippen molar-refractivity contribution in [3.05, 3.63) is 106 Å². The molecule has 2 aromatic carbocycles. The van der Waals surface area contributed by atoms with Gasteiger partial charge in [-0.2, -0.15) is 0 Å². The summed E-state index contributed by atoms with van der Waals surface area (Å²) in [6, 6.07) is 14.5. The van der Waals surface area contributed by atoms with Crippen molar-refractivity contribution in [3.8, 4) is 0 Å². The van der Waals surface area contributed by atoms with Gasteiger partial charge in [0.2, 0.25) is 5.13 Å². The number of thioether (sulfide) groups is 1. The number of aliphatic hydroxyl groups is 1. The summed E-state index contributed by atoms with van der Waals surface area (Å²) in [5.41, 5.74) is 3.17. The van der Waals surface area contributed by atoms with Crippen molar-refractivity contribution in [2.75, 3.05) is 4.90 Å². The van der Waals surface area contributed by atoms with Crippen molar-refractivity contribution in [2.45, 2.75) is 30.0 Å². The lowest BCUT2D eigenvalue weighted by Crippen LogP contribution is -2.29. The molecule has 0 aliphatic carbocycles. The number of Topliss-reactive ketones (excluding diaryl/α,β-unsaturated/α-hetero) is 1. The highest BCUT2D eigenvalue weighted by molar-refractivity contribution is 8.00. The Hall–Kier alpha value is -3.89. The average molecular weight is 533 g/mol. The van der Waals surface area contributed by atoms with E-state index in [1.165, 1.54) is 22.7 Å². The van der Waals surface area contributed by atoms with Gasteiger partial charge in [0, 0.05) is 23.7 Å². The third kappa shape index (κ3) is 4.77. The van der Waals surface area contributed by atoms with Crippen LogP contribution in [0.2, 0.25) is 0 Å². The van der Waals surface area contributed by atoms with E-state index in [0.717, 1.165) is 22.5 Å². The Balaban J connectivity index is 1.56. The number of hydrogen-bond acceptors (Lipinski definition) is 8. The quantitative estimate of drug-likeness (QED) is 0.113. The number of benzene rings is 2. The van der Waals surface area contributed by atoms with Crippen molar-refractivity contribution in [1.82, 2.24) is 15.2 Å². The van der Waals surface area contributed by atoms with Gasteiger partial charge < -0.3 is 5.11 Å². The first-order valence-corrected chi connectivity index (χ1v) is 13.1. The van der Waals surface area contributed by atoms with E-state index in [1.807, 2.05) is 26.0 Å². The third-order valence-corrected chi connectivity index (χ3v) is 8.11. The lowest BCUT2D eigenvalue weighted by Gasteiger charge is -2.22. The number of halogens is 1. The van der Waals surface area contributed by atoms with E-state index in [0.29, 0.717) is 26.8 Å². The number of nitrogens with zero attached hydrogens (tertiary/aromatic N) is 4. The molecule has 1 atom stereocenters. The summed E-state index contributed by atoms with van der Waals surface area (Å²) in [6.07, 6.45) is 3.14. The Bertz CT molecular complexity index is 1540. The van der Waals surface area contributed by atoms with Crippen LogP contribution in [0.4, 0.5) is 9.52 Å². The van der Waals surface area contributed by atoms with Crippen molar-refractivity contribution in [1.29, 1.82) is 0 Å². The Labute approximate surface area is 220 Å². The molecule has 5 rings (SSSR count). The first-order chi connectivity index (χ1) is 17.8. The second-order valence-electron chi connectivity index (χ2n) is 8.50. The maximum absolute atomic E-state index is 14.0. The molecule has 0 saturated carbocycles. The number of anilines is 1. The first-order valence-electron chi connectivity index (χ1n) is 11.3. The van der Waals surface area contributed by atoms with Gasteiger partial charge in [-0.15, -0.1) is 10.2 Å². The molecule has 1 saturated heterocycles. The molecule has 2 aromatic heterocycles. The summed E-state index contributed by atoms with van der Waals surface area (Å²) >= 11 is 2.40. The number of amides is 1. The normalized spacial score (nSPS) is 16.9. The van der Waals surface area contributed by atoms with Crippen LogP contribution in [-0.4, -0.2) is 32.0 Å². The predicted molar refractivity (Wildman–Crippen MR) is 141 cm³/mol. The van der Waals surface area contributed by atoms with Crippen LogP contribution in [0.3, 0.4) is 0 Å². The molecule has 1 unspecified atom stereocenters. The van der Waals surface area contributed by atoms with Crippen LogP contribution < -0.4 is 4.90 Å². The number of rotatable bonds is 6. The molecule has 1 aliphatic heterocycles. The Morgan fingerprint density at radius 1 is 1.11 bits per heavy atom. The van der Waals surface area contributed by atoms with E-state index in [1.54, 1.807) is 48.8 Å². The van der Waals surface area contributed by atoms with Gasteiger partial charge in [0.1, 0.15) is 11.6 Å². The average Bonchev–Trinajstić information content (AvgIpc) is 3.47. The molecule has 1 aliphatic rings. The number of aliphatic hydroxyl groups excluding tert-OH is 1. The molecule has 10 heteroatoms. The second kappa shape index (κ2) is 10.2. The van der Waals surface area contributed by atoms with Gasteiger partial charge in [-0.3, -0.25) is 19.5 Å². The highest BCUT2D eigenvalue weighted by Crippen LogP contribution is 2.44. The molecule has 3 heterocycles. The standard InChI is InChI=1S/C27H21FN4O3S2/c1-15-9-10-16(2)19(12-15)23(33)21-22(17-7-5-11-29-13-17)32(25(35)24(21)34)26-30-31-27(37-26)36-14-18-6-3-4-8-20(18)28/h3-13,22,33H,14H2,1-2H3/b23-21+. The van der Waals surface area contributed by atoms with Gasteiger partial charge in [0.15, 0.2) is 4.34 Å². The molecule has 37 heavy (non-hydrogen) atoms. The smallest absolute Gasteiger partial charge is 0.301 e. The van der Waals surface area contributed by atoms with E-state index < -0.39 is 17.7 Å². The van der Waals surface area contributed by atoms with Crippen molar-refractivity contribution in [3.63, 3.8) is 0 Å². The fraction of sp³-hybridized carbons (Fsp3) is 0.148. The number of ketones is 1. The summed E-state index contributed by atoms with van der Waals surface area (Å²) in [7, 11) is 0. The van der Waals surface area contributed by atoms with E-state index in [9.17, 15) is 19.1 Å². The number of aromatic nitrogens is 3. The third-order valence-electron chi connectivity index (χ3n) is 6.00. The maximum Gasteiger partial charge on any atom is 0.301 e. The minimum Gasteiger partial charge on any atom is -0.507 e. The topological polar surface area (TPSA) is 96.3 Å². The van der Waals surface area contributed by atoms with Crippen LogP contribution in [-0.2, 0) is 15.3 Å². The van der Waals surface area contributed by atoms with Crippen LogP contribution in [0, 0.1) is 19.7 Å².